The zero-order valence-electron chi connectivity index (χ0n) is 6.66. The van der Waals surface area contributed by atoms with E-state index in [9.17, 15) is 9.13 Å². The maximum atomic E-state index is 10.8. The van der Waals surface area contributed by atoms with Crippen molar-refractivity contribution >= 4 is 15.4 Å². The standard InChI is InChI=1S/C3H10O9P2/c4-1-2(5)3(6)13(7,8)12-14(9,10)11/h2-6H,1H2,(H,7,8)(H2,9,10,11). The van der Waals surface area contributed by atoms with Crippen LogP contribution < -0.4 is 0 Å². The van der Waals surface area contributed by atoms with Crippen LogP contribution in [-0.4, -0.2) is 48.6 Å². The van der Waals surface area contributed by atoms with Crippen molar-refractivity contribution in [3.05, 3.63) is 0 Å². The van der Waals surface area contributed by atoms with Gasteiger partial charge in [-0.25, -0.2) is 8.88 Å². The topological polar surface area (TPSA) is 165 Å². The van der Waals surface area contributed by atoms with Crippen molar-refractivity contribution in [2.75, 3.05) is 6.61 Å². The Morgan fingerprint density at radius 2 is 1.57 bits per heavy atom. The summed E-state index contributed by atoms with van der Waals surface area (Å²) < 4.78 is 24.4. The first-order valence-corrected chi connectivity index (χ1v) is 6.34. The van der Waals surface area contributed by atoms with Crippen LogP contribution in [0.1, 0.15) is 0 Å². The van der Waals surface area contributed by atoms with Gasteiger partial charge in [0, 0.05) is 0 Å². The molecule has 0 bridgehead atoms. The summed E-state index contributed by atoms with van der Waals surface area (Å²) in [6, 6.07) is 0. The Labute approximate surface area is 78.4 Å². The predicted molar refractivity (Wildman–Crippen MR) is 42.1 cm³/mol. The molecule has 0 aromatic heterocycles. The van der Waals surface area contributed by atoms with Gasteiger partial charge in [-0.1, -0.05) is 0 Å². The number of aliphatic hydroxyl groups is 3. The molecule has 3 unspecified atom stereocenters. The van der Waals surface area contributed by atoms with E-state index in [0.29, 0.717) is 0 Å². The number of rotatable bonds is 5. The molecule has 0 heterocycles. The monoisotopic (exact) mass is 252 g/mol. The molecule has 0 spiro atoms. The van der Waals surface area contributed by atoms with Crippen molar-refractivity contribution < 1.29 is 43.4 Å². The van der Waals surface area contributed by atoms with E-state index in [1.54, 1.807) is 0 Å². The largest absolute Gasteiger partial charge is 0.476 e. The maximum absolute atomic E-state index is 10.8. The lowest BCUT2D eigenvalue weighted by atomic mass is 10.4. The molecule has 0 aliphatic rings. The highest BCUT2D eigenvalue weighted by Gasteiger charge is 2.41. The minimum Gasteiger partial charge on any atom is -0.394 e. The molecular weight excluding hydrogens is 242 g/mol. The first-order valence-electron chi connectivity index (χ1n) is 3.16. The third-order valence-corrected chi connectivity index (χ3v) is 3.89. The van der Waals surface area contributed by atoms with Crippen LogP contribution in [0.5, 0.6) is 0 Å². The molecule has 0 aliphatic heterocycles. The quantitative estimate of drug-likeness (QED) is 0.302. The van der Waals surface area contributed by atoms with Crippen LogP contribution in [0.4, 0.5) is 0 Å². The maximum Gasteiger partial charge on any atom is 0.476 e. The summed E-state index contributed by atoms with van der Waals surface area (Å²) in [7, 11) is -10.4. The molecule has 0 aromatic carbocycles. The minimum absolute atomic E-state index is 1.06. The van der Waals surface area contributed by atoms with Crippen LogP contribution in [-0.2, 0) is 13.4 Å². The summed E-state index contributed by atoms with van der Waals surface area (Å²) >= 11 is 0. The van der Waals surface area contributed by atoms with Gasteiger partial charge in [0.05, 0.1) is 6.61 Å². The molecule has 0 aliphatic carbocycles. The Bertz CT molecular complexity index is 269. The van der Waals surface area contributed by atoms with E-state index < -0.39 is 34.0 Å². The van der Waals surface area contributed by atoms with Crippen molar-refractivity contribution in [3.63, 3.8) is 0 Å². The summed E-state index contributed by atoms with van der Waals surface area (Å²) in [5.41, 5.74) is 0. The third-order valence-electron chi connectivity index (χ3n) is 1.09. The second-order valence-corrected chi connectivity index (χ2v) is 5.59. The Kier molecular flexibility index (Phi) is 4.86. The van der Waals surface area contributed by atoms with E-state index in [1.807, 2.05) is 0 Å². The lowest BCUT2D eigenvalue weighted by Gasteiger charge is -2.20. The molecule has 6 N–H and O–H groups in total. The van der Waals surface area contributed by atoms with Crippen LogP contribution in [0.15, 0.2) is 0 Å². The molecule has 14 heavy (non-hydrogen) atoms. The second kappa shape index (κ2) is 4.80. The van der Waals surface area contributed by atoms with Gasteiger partial charge in [0.2, 0.25) is 0 Å². The molecule has 0 amide bonds. The lowest BCUT2D eigenvalue weighted by molar-refractivity contribution is 0.0131. The summed E-state index contributed by atoms with van der Waals surface area (Å²) in [5, 5.41) is 25.8. The highest BCUT2D eigenvalue weighted by atomic mass is 31.3. The molecule has 0 fully saturated rings. The fourth-order valence-corrected chi connectivity index (χ4v) is 2.65. The van der Waals surface area contributed by atoms with Gasteiger partial charge >= 0.3 is 15.4 Å². The molecule has 11 heteroatoms. The van der Waals surface area contributed by atoms with Gasteiger partial charge < -0.3 is 30.0 Å². The Hall–Kier alpha value is 0.180. The summed E-state index contributed by atoms with van der Waals surface area (Å²) in [4.78, 5) is 25.1. The van der Waals surface area contributed by atoms with Crippen molar-refractivity contribution in [1.29, 1.82) is 0 Å². The molecule has 0 rings (SSSR count). The molecule has 0 radical (unpaired) electrons. The van der Waals surface area contributed by atoms with Crippen LogP contribution in [0.3, 0.4) is 0 Å². The molecule has 3 atom stereocenters. The fraction of sp³-hybridized carbons (Fsp3) is 1.00. The van der Waals surface area contributed by atoms with Gasteiger partial charge in [-0.05, 0) is 0 Å². The number of hydrogen-bond donors (Lipinski definition) is 6. The molecule has 0 saturated carbocycles. The molecule has 9 nitrogen and oxygen atoms in total. The van der Waals surface area contributed by atoms with Gasteiger partial charge in [-0.3, -0.25) is 4.57 Å². The van der Waals surface area contributed by atoms with E-state index in [-0.39, 0.29) is 0 Å². The van der Waals surface area contributed by atoms with E-state index >= 15 is 0 Å². The normalized spacial score (nSPS) is 21.3. The predicted octanol–water partition coefficient (Wildman–Crippen LogP) is -2.05. The number of hydrogen-bond acceptors (Lipinski definition) is 6. The van der Waals surface area contributed by atoms with E-state index in [0.717, 1.165) is 0 Å². The molecule has 0 saturated heterocycles. The van der Waals surface area contributed by atoms with Crippen molar-refractivity contribution in [1.82, 2.24) is 0 Å². The third kappa shape index (κ3) is 4.61. The zero-order chi connectivity index (χ0) is 11.6. The Balaban J connectivity index is 4.63. The van der Waals surface area contributed by atoms with Crippen LogP contribution in [0, 0.1) is 0 Å². The van der Waals surface area contributed by atoms with Crippen LogP contribution in [0.25, 0.3) is 0 Å². The highest BCUT2D eigenvalue weighted by molar-refractivity contribution is 7.63. The summed E-state index contributed by atoms with van der Waals surface area (Å²) in [5.74, 6) is -2.49. The average Bonchev–Trinajstić information content (AvgIpc) is 1.97. The Morgan fingerprint density at radius 3 is 1.86 bits per heavy atom. The fourth-order valence-electron chi connectivity index (χ4n) is 0.512. The summed E-state index contributed by atoms with van der Waals surface area (Å²) in [6.45, 7) is -1.06. The first kappa shape index (κ1) is 14.2. The van der Waals surface area contributed by atoms with Gasteiger partial charge in [0.15, 0.2) is 5.85 Å². The van der Waals surface area contributed by atoms with Crippen molar-refractivity contribution in [2.24, 2.45) is 0 Å². The second-order valence-electron chi connectivity index (χ2n) is 2.30. The van der Waals surface area contributed by atoms with Gasteiger partial charge in [0.1, 0.15) is 6.10 Å². The van der Waals surface area contributed by atoms with Crippen molar-refractivity contribution in [3.8, 4) is 0 Å². The van der Waals surface area contributed by atoms with Gasteiger partial charge in [-0.15, -0.1) is 0 Å². The molecule has 0 aromatic rings. The highest BCUT2D eigenvalue weighted by Crippen LogP contribution is 2.59. The lowest BCUT2D eigenvalue weighted by Crippen LogP contribution is -2.29. The SMILES string of the molecule is O=P(O)(O)OP(=O)(O)C(O)C(O)CO. The smallest absolute Gasteiger partial charge is 0.394 e. The Morgan fingerprint density at radius 1 is 1.14 bits per heavy atom. The summed E-state index contributed by atoms with van der Waals surface area (Å²) in [6.07, 6.45) is -2.03. The number of aliphatic hydroxyl groups excluding tert-OH is 3. The first-order chi connectivity index (χ1) is 6.10. The van der Waals surface area contributed by atoms with Crippen LogP contribution >= 0.6 is 15.4 Å². The molecule has 86 valence electrons. The molecular formula is C3H10O9P2. The van der Waals surface area contributed by atoms with E-state index in [2.05, 4.69) is 4.31 Å². The van der Waals surface area contributed by atoms with Crippen LogP contribution in [0.2, 0.25) is 0 Å². The zero-order valence-corrected chi connectivity index (χ0v) is 8.45. The van der Waals surface area contributed by atoms with E-state index in [4.69, 9.17) is 30.0 Å². The van der Waals surface area contributed by atoms with Gasteiger partial charge in [0.25, 0.3) is 0 Å². The number of phosphoric acid groups is 1. The van der Waals surface area contributed by atoms with Crippen molar-refractivity contribution in [2.45, 2.75) is 11.9 Å². The minimum atomic E-state index is -5.26. The van der Waals surface area contributed by atoms with Gasteiger partial charge in [-0.2, -0.15) is 0 Å². The average molecular weight is 252 g/mol. The van der Waals surface area contributed by atoms with E-state index in [1.165, 1.54) is 0 Å².